The van der Waals surface area contributed by atoms with E-state index in [0.29, 0.717) is 12.0 Å². The van der Waals surface area contributed by atoms with Crippen LogP contribution >= 0.6 is 0 Å². The van der Waals surface area contributed by atoms with Gasteiger partial charge in [-0.05, 0) is 53.6 Å². The third kappa shape index (κ3) is 3.35. The summed E-state index contributed by atoms with van der Waals surface area (Å²) in [6, 6.07) is 9.40. The van der Waals surface area contributed by atoms with Crippen LogP contribution in [0, 0.1) is 11.6 Å². The van der Waals surface area contributed by atoms with Crippen LogP contribution in [-0.2, 0) is 30.5 Å². The molecular formula is C18H16F2O. The molecule has 2 aromatic carbocycles. The quantitative estimate of drug-likeness (QED) is 0.835. The minimum atomic E-state index is -0.643. The molecular weight excluding hydrogens is 270 g/mol. The Morgan fingerprint density at radius 3 is 2.29 bits per heavy atom. The monoisotopic (exact) mass is 286 g/mol. The average Bonchev–Trinajstić information content (AvgIpc) is 2.84. The lowest BCUT2D eigenvalue weighted by molar-refractivity contribution is -0.117. The van der Waals surface area contributed by atoms with Crippen LogP contribution in [0.15, 0.2) is 36.4 Å². The first kappa shape index (κ1) is 13.9. The molecule has 1 nitrogen and oxygen atoms in total. The Balaban J connectivity index is 1.69. The molecule has 0 atom stereocenters. The summed E-state index contributed by atoms with van der Waals surface area (Å²) in [6.45, 7) is 0. The third-order valence-corrected chi connectivity index (χ3v) is 3.89. The zero-order chi connectivity index (χ0) is 14.8. The molecule has 108 valence electrons. The molecule has 0 saturated carbocycles. The first-order valence-corrected chi connectivity index (χ1v) is 7.17. The molecule has 0 fully saturated rings. The highest BCUT2D eigenvalue weighted by atomic mass is 19.1. The fourth-order valence-electron chi connectivity index (χ4n) is 2.97. The van der Waals surface area contributed by atoms with Crippen molar-refractivity contribution in [3.8, 4) is 0 Å². The largest absolute Gasteiger partial charge is 0.299 e. The van der Waals surface area contributed by atoms with Gasteiger partial charge in [-0.25, -0.2) is 8.78 Å². The molecule has 0 spiro atoms. The van der Waals surface area contributed by atoms with Crippen molar-refractivity contribution >= 4 is 5.78 Å². The van der Waals surface area contributed by atoms with Crippen molar-refractivity contribution in [2.24, 2.45) is 0 Å². The molecule has 21 heavy (non-hydrogen) atoms. The highest BCUT2D eigenvalue weighted by Gasteiger charge is 2.13. The van der Waals surface area contributed by atoms with Gasteiger partial charge in [0.15, 0.2) is 0 Å². The zero-order valence-corrected chi connectivity index (χ0v) is 11.7. The summed E-state index contributed by atoms with van der Waals surface area (Å²) in [6.07, 6.45) is 3.74. The lowest BCUT2D eigenvalue weighted by Gasteiger charge is -2.05. The van der Waals surface area contributed by atoms with E-state index in [1.807, 2.05) is 6.07 Å². The number of hydrogen-bond donors (Lipinski definition) is 0. The van der Waals surface area contributed by atoms with E-state index in [1.54, 1.807) is 0 Å². The van der Waals surface area contributed by atoms with E-state index < -0.39 is 11.6 Å². The topological polar surface area (TPSA) is 17.1 Å². The Hall–Kier alpha value is -2.03. The molecule has 0 aromatic heterocycles. The Morgan fingerprint density at radius 2 is 1.52 bits per heavy atom. The Kier molecular flexibility index (Phi) is 3.82. The molecule has 1 aliphatic rings. The minimum absolute atomic E-state index is 0.0297. The average molecular weight is 286 g/mol. The number of Topliss-reactive ketones (excluding diaryl/α,β-unsaturated/α-hetero) is 1. The van der Waals surface area contributed by atoms with Crippen molar-refractivity contribution in [2.75, 3.05) is 0 Å². The van der Waals surface area contributed by atoms with Gasteiger partial charge in [-0.2, -0.15) is 0 Å². The number of rotatable bonds is 4. The second kappa shape index (κ2) is 5.76. The molecule has 0 unspecified atom stereocenters. The molecule has 0 saturated heterocycles. The molecule has 3 heteroatoms. The van der Waals surface area contributed by atoms with E-state index in [4.69, 9.17) is 0 Å². The van der Waals surface area contributed by atoms with E-state index in [2.05, 4.69) is 12.1 Å². The summed E-state index contributed by atoms with van der Waals surface area (Å²) in [4.78, 5) is 12.1. The van der Waals surface area contributed by atoms with E-state index in [1.165, 1.54) is 29.7 Å². The van der Waals surface area contributed by atoms with Crippen LogP contribution in [0.3, 0.4) is 0 Å². The van der Waals surface area contributed by atoms with E-state index >= 15 is 0 Å². The molecule has 0 amide bonds. The Labute approximate surface area is 122 Å². The van der Waals surface area contributed by atoms with Crippen molar-refractivity contribution in [3.05, 3.63) is 70.3 Å². The Bertz CT molecular complexity index is 671. The summed E-state index contributed by atoms with van der Waals surface area (Å²) < 4.78 is 26.2. The minimum Gasteiger partial charge on any atom is -0.299 e. The van der Waals surface area contributed by atoms with E-state index in [-0.39, 0.29) is 12.2 Å². The van der Waals surface area contributed by atoms with Gasteiger partial charge in [0.25, 0.3) is 0 Å². The third-order valence-electron chi connectivity index (χ3n) is 3.89. The van der Waals surface area contributed by atoms with Gasteiger partial charge in [0.2, 0.25) is 0 Å². The lowest BCUT2D eigenvalue weighted by Crippen LogP contribution is -2.07. The smallest absolute Gasteiger partial charge is 0.141 e. The maximum atomic E-state index is 13.1. The molecule has 3 rings (SSSR count). The van der Waals surface area contributed by atoms with Crippen molar-refractivity contribution in [3.63, 3.8) is 0 Å². The second-order valence-corrected chi connectivity index (χ2v) is 5.63. The van der Waals surface area contributed by atoms with E-state index in [0.717, 1.165) is 24.5 Å². The van der Waals surface area contributed by atoms with Gasteiger partial charge in [-0.15, -0.1) is 0 Å². The number of ketones is 1. The summed E-state index contributed by atoms with van der Waals surface area (Å²) in [7, 11) is 0. The van der Waals surface area contributed by atoms with Crippen LogP contribution < -0.4 is 0 Å². The lowest BCUT2D eigenvalue weighted by atomic mass is 9.99. The molecule has 1 aliphatic carbocycles. The predicted molar refractivity (Wildman–Crippen MR) is 77.2 cm³/mol. The van der Waals surface area contributed by atoms with Gasteiger partial charge in [0, 0.05) is 18.9 Å². The van der Waals surface area contributed by atoms with Crippen molar-refractivity contribution in [1.29, 1.82) is 0 Å². The summed E-state index contributed by atoms with van der Waals surface area (Å²) in [5.74, 6) is -1.32. The first-order valence-electron chi connectivity index (χ1n) is 7.17. The SMILES string of the molecule is O=C(Cc1cc(F)cc(F)c1)Cc1ccc2c(c1)CCC2. The number of carbonyl (C=O) groups excluding carboxylic acids is 1. The normalized spacial score (nSPS) is 13.2. The standard InChI is InChI=1S/C18H16F2O/c19-16-7-13(8-17(20)11-16)10-18(21)9-12-4-5-14-2-1-3-15(14)6-12/h4-8,11H,1-3,9-10H2. The van der Waals surface area contributed by atoms with Gasteiger partial charge in [0.05, 0.1) is 0 Å². The number of aryl methyl sites for hydroxylation is 2. The number of carbonyl (C=O) groups is 1. The highest BCUT2D eigenvalue weighted by Crippen LogP contribution is 2.23. The summed E-state index contributed by atoms with van der Waals surface area (Å²) in [5.41, 5.74) is 4.08. The van der Waals surface area contributed by atoms with Crippen molar-refractivity contribution < 1.29 is 13.6 Å². The number of fused-ring (bicyclic) bond motifs is 1. The van der Waals surface area contributed by atoms with Crippen LogP contribution in [0.2, 0.25) is 0 Å². The maximum absolute atomic E-state index is 13.1. The highest BCUT2D eigenvalue weighted by molar-refractivity contribution is 5.83. The Morgan fingerprint density at radius 1 is 0.857 bits per heavy atom. The first-order chi connectivity index (χ1) is 10.1. The van der Waals surface area contributed by atoms with Crippen LogP contribution in [0.4, 0.5) is 8.78 Å². The van der Waals surface area contributed by atoms with Crippen LogP contribution in [0.1, 0.15) is 28.7 Å². The van der Waals surface area contributed by atoms with Gasteiger partial charge >= 0.3 is 0 Å². The van der Waals surface area contributed by atoms with Crippen molar-refractivity contribution in [2.45, 2.75) is 32.1 Å². The summed E-state index contributed by atoms with van der Waals surface area (Å²) >= 11 is 0. The molecule has 0 heterocycles. The molecule has 0 N–H and O–H groups in total. The van der Waals surface area contributed by atoms with Gasteiger partial charge in [-0.3, -0.25) is 4.79 Å². The van der Waals surface area contributed by atoms with Gasteiger partial charge < -0.3 is 0 Å². The van der Waals surface area contributed by atoms with Crippen LogP contribution in [-0.4, -0.2) is 5.78 Å². The fraction of sp³-hybridized carbons (Fsp3) is 0.278. The number of hydrogen-bond acceptors (Lipinski definition) is 1. The van der Waals surface area contributed by atoms with E-state index in [9.17, 15) is 13.6 Å². The number of halogens is 2. The second-order valence-electron chi connectivity index (χ2n) is 5.63. The summed E-state index contributed by atoms with van der Waals surface area (Å²) in [5, 5.41) is 0. The maximum Gasteiger partial charge on any atom is 0.141 e. The van der Waals surface area contributed by atoms with Crippen LogP contribution in [0.25, 0.3) is 0 Å². The fourth-order valence-corrected chi connectivity index (χ4v) is 2.97. The number of benzene rings is 2. The van der Waals surface area contributed by atoms with Gasteiger partial charge in [0.1, 0.15) is 17.4 Å². The predicted octanol–water partition coefficient (Wildman–Crippen LogP) is 3.81. The molecule has 2 aromatic rings. The van der Waals surface area contributed by atoms with Crippen molar-refractivity contribution in [1.82, 2.24) is 0 Å². The van der Waals surface area contributed by atoms with Crippen LogP contribution in [0.5, 0.6) is 0 Å². The molecule has 0 aliphatic heterocycles. The molecule has 0 radical (unpaired) electrons. The zero-order valence-electron chi connectivity index (χ0n) is 11.7. The van der Waals surface area contributed by atoms with Gasteiger partial charge in [-0.1, -0.05) is 18.2 Å². The molecule has 0 bridgehead atoms.